The van der Waals surface area contributed by atoms with Crippen LogP contribution in [-0.4, -0.2) is 139 Å². The van der Waals surface area contributed by atoms with E-state index >= 15 is 0 Å². The standard InChI is InChI=1S/C8H17NO6.C6H15NO5/c10-2-1-9-5(3-11)7(14)8(15)6(13)4-12;7-3(1-8)5(11)6(12)4(10)2-9/h2,5-9,11-15H,1,3-4H2;3-6,8-12H,1-2,7H2. The summed E-state index contributed by atoms with van der Waals surface area (Å²) in [7, 11) is 0. The molecule has 0 aromatic heterocycles. The minimum atomic E-state index is -1.59. The molecular formula is C14H32N2O11. The van der Waals surface area contributed by atoms with Crippen molar-refractivity contribution in [1.29, 1.82) is 0 Å². The fourth-order valence-electron chi connectivity index (χ4n) is 1.76. The van der Waals surface area contributed by atoms with Crippen LogP contribution < -0.4 is 11.1 Å². The highest BCUT2D eigenvalue weighted by molar-refractivity contribution is 5.51. The number of carbonyl (C=O) groups is 1. The van der Waals surface area contributed by atoms with E-state index < -0.39 is 75.1 Å². The van der Waals surface area contributed by atoms with E-state index in [0.29, 0.717) is 6.29 Å². The highest BCUT2D eigenvalue weighted by Gasteiger charge is 2.30. The van der Waals surface area contributed by atoms with Gasteiger partial charge in [-0.05, 0) is 0 Å². The smallest absolute Gasteiger partial charge is 0.133 e. The molecule has 0 aromatic rings. The SMILES string of the molecule is NC(CO)C(O)C(O)C(O)CO.O=CCNC(CO)C(O)C(O)C(O)CO. The summed E-state index contributed by atoms with van der Waals surface area (Å²) in [6, 6.07) is -1.97. The van der Waals surface area contributed by atoms with Gasteiger partial charge in [0.25, 0.3) is 0 Å². The van der Waals surface area contributed by atoms with Gasteiger partial charge < -0.3 is 66.9 Å². The Morgan fingerprint density at radius 3 is 1.48 bits per heavy atom. The molecule has 0 rings (SSSR count). The molecule has 13 nitrogen and oxygen atoms in total. The highest BCUT2D eigenvalue weighted by Crippen LogP contribution is 2.04. The predicted octanol–water partition coefficient (Wildman–Crippen LogP) is -7.41. The maximum Gasteiger partial charge on any atom is 0.133 e. The predicted molar refractivity (Wildman–Crippen MR) is 90.2 cm³/mol. The molecule has 0 saturated carbocycles. The van der Waals surface area contributed by atoms with Crippen LogP contribution in [0.5, 0.6) is 0 Å². The van der Waals surface area contributed by atoms with Crippen molar-refractivity contribution < 1.29 is 55.9 Å². The van der Waals surface area contributed by atoms with Gasteiger partial charge >= 0.3 is 0 Å². The number of carbonyl (C=O) groups excluding carboxylic acids is 1. The van der Waals surface area contributed by atoms with Gasteiger partial charge in [-0.25, -0.2) is 0 Å². The molecule has 0 saturated heterocycles. The zero-order valence-corrected chi connectivity index (χ0v) is 14.7. The Bertz CT molecular complexity index is 352. The van der Waals surface area contributed by atoms with Gasteiger partial charge in [-0.3, -0.25) is 0 Å². The molecule has 0 aliphatic carbocycles. The summed E-state index contributed by atoms with van der Waals surface area (Å²) in [6.45, 7) is -2.48. The fourth-order valence-corrected chi connectivity index (χ4v) is 1.76. The summed E-state index contributed by atoms with van der Waals surface area (Å²) in [5.74, 6) is 0. The molecule has 0 aromatic carbocycles. The van der Waals surface area contributed by atoms with Crippen molar-refractivity contribution in [2.75, 3.05) is 33.0 Å². The monoisotopic (exact) mass is 404 g/mol. The molecule has 13 heteroatoms. The van der Waals surface area contributed by atoms with Crippen LogP contribution in [0.25, 0.3) is 0 Å². The number of hydrogen-bond acceptors (Lipinski definition) is 13. The first kappa shape index (κ1) is 28.4. The lowest BCUT2D eigenvalue weighted by molar-refractivity contribution is -0.108. The van der Waals surface area contributed by atoms with Crippen LogP contribution in [0.1, 0.15) is 0 Å². The molecule has 0 amide bonds. The van der Waals surface area contributed by atoms with Crippen LogP contribution in [-0.2, 0) is 4.79 Å². The number of aliphatic hydroxyl groups is 10. The number of rotatable bonds is 13. The average molecular weight is 404 g/mol. The lowest BCUT2D eigenvalue weighted by Gasteiger charge is -2.27. The Morgan fingerprint density at radius 1 is 0.704 bits per heavy atom. The van der Waals surface area contributed by atoms with Gasteiger partial charge in [0.1, 0.15) is 36.8 Å². The summed E-state index contributed by atoms with van der Waals surface area (Å²) >= 11 is 0. The molecule has 0 aliphatic rings. The highest BCUT2D eigenvalue weighted by atomic mass is 16.4. The Labute approximate surface area is 155 Å². The number of nitrogens with one attached hydrogen (secondary N) is 1. The third-order valence-electron chi connectivity index (χ3n) is 3.58. The van der Waals surface area contributed by atoms with Crippen molar-refractivity contribution in [3.8, 4) is 0 Å². The zero-order valence-electron chi connectivity index (χ0n) is 14.7. The lowest BCUT2D eigenvalue weighted by Crippen LogP contribution is -2.53. The van der Waals surface area contributed by atoms with Gasteiger partial charge in [0, 0.05) is 0 Å². The molecule has 0 bridgehead atoms. The quantitative estimate of drug-likeness (QED) is 0.127. The second-order valence-electron chi connectivity index (χ2n) is 5.67. The minimum Gasteiger partial charge on any atom is -0.395 e. The van der Waals surface area contributed by atoms with E-state index in [-0.39, 0.29) is 6.54 Å². The van der Waals surface area contributed by atoms with Gasteiger partial charge in [-0.2, -0.15) is 0 Å². The summed E-state index contributed by atoms with van der Waals surface area (Å²) < 4.78 is 0. The van der Waals surface area contributed by atoms with Crippen molar-refractivity contribution in [2.45, 2.75) is 48.7 Å². The average Bonchev–Trinajstić information content (AvgIpc) is 2.70. The molecule has 0 radical (unpaired) electrons. The zero-order chi connectivity index (χ0) is 21.6. The van der Waals surface area contributed by atoms with E-state index in [9.17, 15) is 15.0 Å². The molecule has 8 unspecified atom stereocenters. The maximum absolute atomic E-state index is 10.0. The number of hydrogen-bond donors (Lipinski definition) is 12. The van der Waals surface area contributed by atoms with Crippen LogP contribution in [0.15, 0.2) is 0 Å². The Hall–Kier alpha value is -0.810. The fraction of sp³-hybridized carbons (Fsp3) is 0.929. The van der Waals surface area contributed by atoms with E-state index in [0.717, 1.165) is 0 Å². The van der Waals surface area contributed by atoms with Crippen molar-refractivity contribution in [2.24, 2.45) is 5.73 Å². The van der Waals surface area contributed by atoms with Crippen molar-refractivity contribution in [1.82, 2.24) is 5.32 Å². The van der Waals surface area contributed by atoms with Crippen molar-refractivity contribution in [3.63, 3.8) is 0 Å². The normalized spacial score (nSPS) is 20.3. The van der Waals surface area contributed by atoms with Crippen LogP contribution in [0.4, 0.5) is 0 Å². The Morgan fingerprint density at radius 2 is 1.15 bits per heavy atom. The summed E-state index contributed by atoms with van der Waals surface area (Å²) in [4.78, 5) is 10.0. The largest absolute Gasteiger partial charge is 0.395 e. The van der Waals surface area contributed by atoms with E-state index in [4.69, 9.17) is 46.6 Å². The second-order valence-corrected chi connectivity index (χ2v) is 5.67. The third kappa shape index (κ3) is 10.9. The molecular weight excluding hydrogens is 372 g/mol. The number of aldehydes is 1. The molecule has 0 fully saturated rings. The van der Waals surface area contributed by atoms with Crippen LogP contribution >= 0.6 is 0 Å². The summed E-state index contributed by atoms with van der Waals surface area (Å²) in [6.07, 6.45) is -8.47. The number of nitrogens with two attached hydrogens (primary N) is 1. The van der Waals surface area contributed by atoms with Crippen LogP contribution in [0, 0.1) is 0 Å². The van der Waals surface area contributed by atoms with E-state index in [1.165, 1.54) is 0 Å². The van der Waals surface area contributed by atoms with E-state index in [1.54, 1.807) is 0 Å². The molecule has 0 heterocycles. The summed E-state index contributed by atoms with van der Waals surface area (Å²) in [5.41, 5.74) is 5.16. The van der Waals surface area contributed by atoms with Crippen LogP contribution in [0.3, 0.4) is 0 Å². The lowest BCUT2D eigenvalue weighted by atomic mass is 10.0. The summed E-state index contributed by atoms with van der Waals surface area (Å²) in [5, 5.41) is 91.4. The molecule has 164 valence electrons. The van der Waals surface area contributed by atoms with Gasteiger partial charge in [0.2, 0.25) is 0 Å². The third-order valence-corrected chi connectivity index (χ3v) is 3.58. The second kappa shape index (κ2) is 16.2. The molecule has 0 aliphatic heterocycles. The van der Waals surface area contributed by atoms with Crippen molar-refractivity contribution in [3.05, 3.63) is 0 Å². The van der Waals surface area contributed by atoms with Gasteiger partial charge in [0.05, 0.1) is 51.2 Å². The molecule has 0 spiro atoms. The van der Waals surface area contributed by atoms with E-state index in [1.807, 2.05) is 0 Å². The molecule has 27 heavy (non-hydrogen) atoms. The maximum atomic E-state index is 10.0. The van der Waals surface area contributed by atoms with E-state index in [2.05, 4.69) is 5.32 Å². The Balaban J connectivity index is 0. The number of aliphatic hydroxyl groups excluding tert-OH is 10. The minimum absolute atomic E-state index is 0.0930. The van der Waals surface area contributed by atoms with Crippen LogP contribution in [0.2, 0.25) is 0 Å². The first-order valence-electron chi connectivity index (χ1n) is 8.07. The molecule has 8 atom stereocenters. The van der Waals surface area contributed by atoms with Gasteiger partial charge in [0.15, 0.2) is 0 Å². The molecule has 13 N–H and O–H groups in total. The Kier molecular flexibility index (Phi) is 17.0. The topological polar surface area (TPSA) is 257 Å². The van der Waals surface area contributed by atoms with Gasteiger partial charge in [-0.1, -0.05) is 0 Å². The van der Waals surface area contributed by atoms with Gasteiger partial charge in [-0.15, -0.1) is 0 Å². The first-order valence-corrected chi connectivity index (χ1v) is 8.07. The van der Waals surface area contributed by atoms with Crippen molar-refractivity contribution >= 4 is 6.29 Å². The first-order chi connectivity index (χ1) is 12.6.